The molecule has 0 unspecified atom stereocenters. The molecule has 1 saturated heterocycles. The standard InChI is InChI=1S/C20H25F2N7O2S2/c1-3-27-6-8-28(9-7-27)14-10-13(33(30,31)26-20(2)4-5-20)12-29-15(11-23-17(14)29)18-24-25-19(32-18)16(21)22/h10-12,16,26H,3-9H2,1-2H3. The van der Waals surface area contributed by atoms with Crippen molar-refractivity contribution < 1.29 is 17.2 Å². The lowest BCUT2D eigenvalue weighted by molar-refractivity contribution is 0.150. The summed E-state index contributed by atoms with van der Waals surface area (Å²) in [6, 6.07) is 1.66. The highest BCUT2D eigenvalue weighted by Crippen LogP contribution is 2.37. The first kappa shape index (κ1) is 22.6. The Bertz CT molecular complexity index is 1280. The minimum atomic E-state index is -3.80. The van der Waals surface area contributed by atoms with Crippen molar-refractivity contribution in [2.75, 3.05) is 37.6 Å². The zero-order valence-corrected chi connectivity index (χ0v) is 20.0. The minimum Gasteiger partial charge on any atom is -0.366 e. The average Bonchev–Trinajstić information content (AvgIpc) is 3.19. The van der Waals surface area contributed by atoms with Gasteiger partial charge in [-0.15, -0.1) is 10.2 Å². The number of fused-ring (bicyclic) bond motifs is 1. The molecule has 1 N–H and O–H groups in total. The van der Waals surface area contributed by atoms with Crippen LogP contribution in [0.5, 0.6) is 0 Å². The summed E-state index contributed by atoms with van der Waals surface area (Å²) >= 11 is 0.773. The van der Waals surface area contributed by atoms with E-state index in [1.807, 2.05) is 6.92 Å². The van der Waals surface area contributed by atoms with Crippen molar-refractivity contribution in [3.63, 3.8) is 0 Å². The van der Waals surface area contributed by atoms with E-state index in [-0.39, 0.29) is 14.9 Å². The van der Waals surface area contributed by atoms with E-state index in [4.69, 9.17) is 0 Å². The number of nitrogens with zero attached hydrogens (tertiary/aromatic N) is 6. The molecule has 1 aliphatic heterocycles. The number of aromatic nitrogens is 4. The normalized spacial score (nSPS) is 19.0. The molecule has 0 bridgehead atoms. The predicted molar refractivity (Wildman–Crippen MR) is 121 cm³/mol. The van der Waals surface area contributed by atoms with Gasteiger partial charge < -0.3 is 9.80 Å². The summed E-state index contributed by atoms with van der Waals surface area (Å²) in [5.74, 6) is 0. The van der Waals surface area contributed by atoms with E-state index in [2.05, 4.69) is 36.6 Å². The Balaban J connectivity index is 1.62. The van der Waals surface area contributed by atoms with Gasteiger partial charge in [0.05, 0.1) is 11.9 Å². The predicted octanol–water partition coefficient (Wildman–Crippen LogP) is 2.76. The summed E-state index contributed by atoms with van der Waals surface area (Å²) in [6.45, 7) is 8.13. The van der Waals surface area contributed by atoms with Crippen LogP contribution in [0.15, 0.2) is 23.4 Å². The molecule has 1 saturated carbocycles. The molecule has 3 aromatic heterocycles. The van der Waals surface area contributed by atoms with E-state index in [9.17, 15) is 17.2 Å². The highest BCUT2D eigenvalue weighted by atomic mass is 32.2. The highest BCUT2D eigenvalue weighted by molar-refractivity contribution is 7.89. The van der Waals surface area contributed by atoms with Crippen LogP contribution in [0.3, 0.4) is 0 Å². The number of rotatable bonds is 7. The average molecular weight is 498 g/mol. The maximum atomic E-state index is 13.2. The Labute approximate surface area is 194 Å². The highest BCUT2D eigenvalue weighted by Gasteiger charge is 2.41. The molecule has 4 heterocycles. The number of imidazole rings is 1. The van der Waals surface area contributed by atoms with Crippen LogP contribution < -0.4 is 9.62 Å². The summed E-state index contributed by atoms with van der Waals surface area (Å²) in [7, 11) is -3.80. The van der Waals surface area contributed by atoms with Gasteiger partial charge in [-0.25, -0.2) is 26.9 Å². The largest absolute Gasteiger partial charge is 0.366 e. The number of sulfonamides is 1. The maximum Gasteiger partial charge on any atom is 0.291 e. The Morgan fingerprint density at radius 1 is 1.21 bits per heavy atom. The van der Waals surface area contributed by atoms with Gasteiger partial charge in [0.15, 0.2) is 15.7 Å². The van der Waals surface area contributed by atoms with Crippen LogP contribution in [0.1, 0.15) is 38.1 Å². The molecule has 0 spiro atoms. The second-order valence-electron chi connectivity index (χ2n) is 8.73. The van der Waals surface area contributed by atoms with Gasteiger partial charge in [-0.3, -0.25) is 4.40 Å². The summed E-state index contributed by atoms with van der Waals surface area (Å²) in [5, 5.41) is 7.34. The monoisotopic (exact) mass is 497 g/mol. The summed E-state index contributed by atoms with van der Waals surface area (Å²) in [4.78, 5) is 9.08. The van der Waals surface area contributed by atoms with Gasteiger partial charge in [0, 0.05) is 37.9 Å². The molecule has 0 atom stereocenters. The van der Waals surface area contributed by atoms with E-state index < -0.39 is 22.0 Å². The van der Waals surface area contributed by atoms with Gasteiger partial charge in [-0.05, 0) is 32.4 Å². The summed E-state index contributed by atoms with van der Waals surface area (Å²) in [5.41, 5.74) is 1.25. The molecule has 0 radical (unpaired) electrons. The van der Waals surface area contributed by atoms with Gasteiger partial charge >= 0.3 is 0 Å². The molecular formula is C20H25F2N7O2S2. The number of hydrogen-bond acceptors (Lipinski definition) is 8. The fraction of sp³-hybridized carbons (Fsp3) is 0.550. The molecule has 33 heavy (non-hydrogen) atoms. The van der Waals surface area contributed by atoms with Crippen LogP contribution in [0.4, 0.5) is 14.5 Å². The van der Waals surface area contributed by atoms with E-state index in [1.54, 1.807) is 10.5 Å². The molecule has 178 valence electrons. The Morgan fingerprint density at radius 2 is 1.94 bits per heavy atom. The van der Waals surface area contributed by atoms with Gasteiger partial charge in [0.2, 0.25) is 10.0 Å². The van der Waals surface area contributed by atoms with E-state index in [1.165, 1.54) is 12.4 Å². The first-order valence-electron chi connectivity index (χ1n) is 10.8. The van der Waals surface area contributed by atoms with Crippen molar-refractivity contribution in [3.05, 3.63) is 23.5 Å². The van der Waals surface area contributed by atoms with Gasteiger partial charge in [-0.1, -0.05) is 18.3 Å². The lowest BCUT2D eigenvalue weighted by Crippen LogP contribution is -2.46. The first-order chi connectivity index (χ1) is 15.7. The number of halogens is 2. The first-order valence-corrected chi connectivity index (χ1v) is 13.1. The minimum absolute atomic E-state index is 0.105. The van der Waals surface area contributed by atoms with Crippen LogP contribution >= 0.6 is 11.3 Å². The zero-order chi connectivity index (χ0) is 23.4. The molecule has 0 amide bonds. The lowest BCUT2D eigenvalue weighted by Gasteiger charge is -2.35. The fourth-order valence-corrected chi connectivity index (χ4v) is 6.17. The third-order valence-corrected chi connectivity index (χ3v) is 8.82. The second kappa shape index (κ2) is 8.22. The van der Waals surface area contributed by atoms with E-state index in [0.29, 0.717) is 17.0 Å². The van der Waals surface area contributed by atoms with Crippen LogP contribution in [0, 0.1) is 0 Å². The Kier molecular flexibility index (Phi) is 5.62. The molecule has 5 rings (SSSR count). The van der Waals surface area contributed by atoms with Crippen molar-refractivity contribution in [2.45, 2.75) is 43.5 Å². The molecule has 2 fully saturated rings. The van der Waals surface area contributed by atoms with Crippen LogP contribution in [0.2, 0.25) is 0 Å². The number of pyridine rings is 1. The van der Waals surface area contributed by atoms with Crippen molar-refractivity contribution >= 4 is 32.7 Å². The third-order valence-electron chi connectivity index (χ3n) is 6.26. The topological polar surface area (TPSA) is 95.7 Å². The van der Waals surface area contributed by atoms with Crippen molar-refractivity contribution in [2.24, 2.45) is 0 Å². The maximum absolute atomic E-state index is 13.2. The Morgan fingerprint density at radius 3 is 2.55 bits per heavy atom. The number of nitrogens with one attached hydrogen (secondary N) is 1. The van der Waals surface area contributed by atoms with Crippen molar-refractivity contribution in [1.29, 1.82) is 0 Å². The Hall–Kier alpha value is -2.22. The summed E-state index contributed by atoms with van der Waals surface area (Å²) in [6.07, 6.45) is 1.87. The van der Waals surface area contributed by atoms with Gasteiger partial charge in [0.1, 0.15) is 10.6 Å². The number of alkyl halides is 2. The molecule has 0 aromatic carbocycles. The molecule has 1 aliphatic carbocycles. The second-order valence-corrected chi connectivity index (χ2v) is 11.4. The lowest BCUT2D eigenvalue weighted by atomic mass is 10.2. The zero-order valence-electron chi connectivity index (χ0n) is 18.3. The fourth-order valence-electron chi connectivity index (χ4n) is 3.99. The number of likely N-dealkylation sites (N-methyl/N-ethyl adjacent to an activating group) is 1. The van der Waals surface area contributed by atoms with Crippen LogP contribution in [-0.2, 0) is 10.0 Å². The molecule has 9 nitrogen and oxygen atoms in total. The molecular weight excluding hydrogens is 472 g/mol. The molecule has 3 aromatic rings. The number of piperazine rings is 1. The van der Waals surface area contributed by atoms with Crippen molar-refractivity contribution in [1.82, 2.24) is 29.2 Å². The van der Waals surface area contributed by atoms with Gasteiger partial charge in [0.25, 0.3) is 6.43 Å². The van der Waals surface area contributed by atoms with Crippen LogP contribution in [0.25, 0.3) is 16.3 Å². The third kappa shape index (κ3) is 4.34. The van der Waals surface area contributed by atoms with Crippen LogP contribution in [-0.4, -0.2) is 71.2 Å². The number of hydrogen-bond donors (Lipinski definition) is 1. The van der Waals surface area contributed by atoms with E-state index >= 15 is 0 Å². The molecule has 2 aliphatic rings. The van der Waals surface area contributed by atoms with Crippen molar-refractivity contribution in [3.8, 4) is 10.7 Å². The summed E-state index contributed by atoms with van der Waals surface area (Å²) < 4.78 is 57.0. The van der Waals surface area contributed by atoms with Gasteiger partial charge in [-0.2, -0.15) is 0 Å². The molecule has 13 heteroatoms. The van der Waals surface area contributed by atoms with E-state index in [0.717, 1.165) is 56.9 Å². The quantitative estimate of drug-likeness (QED) is 0.536. The SMILES string of the molecule is CCN1CCN(c2cc(S(=O)(=O)NC3(C)CC3)cn3c(-c4nnc(C(F)F)s4)cnc23)CC1. The smallest absolute Gasteiger partial charge is 0.291 e. The number of anilines is 1.